The number of aryl methyl sites for hydroxylation is 1. The molecule has 76 valence electrons. The fraction of sp³-hybridized carbons (Fsp3) is 0.500. The van der Waals surface area contributed by atoms with Crippen molar-refractivity contribution in [3.05, 3.63) is 35.1 Å². The van der Waals surface area contributed by atoms with Gasteiger partial charge in [0.15, 0.2) is 0 Å². The highest BCUT2D eigenvalue weighted by molar-refractivity contribution is 5.30. The van der Waals surface area contributed by atoms with Crippen LogP contribution in [0.2, 0.25) is 0 Å². The fourth-order valence-electron chi connectivity index (χ4n) is 2.19. The van der Waals surface area contributed by atoms with E-state index in [1.165, 1.54) is 0 Å². The van der Waals surface area contributed by atoms with Crippen LogP contribution in [0.3, 0.4) is 0 Å². The van der Waals surface area contributed by atoms with Crippen molar-refractivity contribution in [2.24, 2.45) is 0 Å². The summed E-state index contributed by atoms with van der Waals surface area (Å²) in [7, 11) is 0. The molecule has 0 aliphatic carbocycles. The normalized spacial score (nSPS) is 26.8. The number of benzene rings is 1. The van der Waals surface area contributed by atoms with Gasteiger partial charge < -0.3 is 5.32 Å². The second-order valence-electron chi connectivity index (χ2n) is 4.35. The number of hydrogen-bond donors (Lipinski definition) is 1. The van der Waals surface area contributed by atoms with Gasteiger partial charge in [-0.2, -0.15) is 0 Å². The van der Waals surface area contributed by atoms with E-state index in [4.69, 9.17) is 0 Å². The maximum Gasteiger partial charge on any atom is 0.128 e. The lowest BCUT2D eigenvalue weighted by Gasteiger charge is -2.25. The Balaban J connectivity index is 2.44. The molecule has 0 saturated carbocycles. The zero-order valence-corrected chi connectivity index (χ0v) is 8.73. The average Bonchev–Trinajstić information content (AvgIpc) is 2.58. The maximum atomic E-state index is 13.6. The summed E-state index contributed by atoms with van der Waals surface area (Å²) in [5.74, 6) is -0.0903. The van der Waals surface area contributed by atoms with E-state index >= 15 is 0 Å². The summed E-state index contributed by atoms with van der Waals surface area (Å²) >= 11 is 0. The molecule has 14 heavy (non-hydrogen) atoms. The van der Waals surface area contributed by atoms with Crippen LogP contribution in [0, 0.1) is 12.7 Å². The molecule has 1 heterocycles. The highest BCUT2D eigenvalue weighted by atomic mass is 19.1. The van der Waals surface area contributed by atoms with Gasteiger partial charge in [0.05, 0.1) is 0 Å². The molecule has 1 aromatic rings. The summed E-state index contributed by atoms with van der Waals surface area (Å²) in [6, 6.07) is 5.33. The van der Waals surface area contributed by atoms with Crippen molar-refractivity contribution in [1.29, 1.82) is 0 Å². The Labute approximate surface area is 84.3 Å². The average molecular weight is 193 g/mol. The Morgan fingerprint density at radius 2 is 2.21 bits per heavy atom. The number of hydrogen-bond acceptors (Lipinski definition) is 1. The van der Waals surface area contributed by atoms with Crippen molar-refractivity contribution in [2.75, 3.05) is 6.54 Å². The molecule has 1 atom stereocenters. The van der Waals surface area contributed by atoms with Crippen molar-refractivity contribution in [1.82, 2.24) is 5.32 Å². The van der Waals surface area contributed by atoms with Gasteiger partial charge >= 0.3 is 0 Å². The Bertz CT molecular complexity index is 340. The smallest absolute Gasteiger partial charge is 0.128 e. The van der Waals surface area contributed by atoms with E-state index in [1.54, 1.807) is 6.07 Å². The van der Waals surface area contributed by atoms with Gasteiger partial charge in [-0.1, -0.05) is 17.7 Å². The first-order valence-electron chi connectivity index (χ1n) is 5.13. The van der Waals surface area contributed by atoms with Gasteiger partial charge in [0, 0.05) is 11.1 Å². The van der Waals surface area contributed by atoms with Gasteiger partial charge in [0.25, 0.3) is 0 Å². The molecule has 1 fully saturated rings. The molecule has 0 spiro atoms. The molecular formula is C12H16FN. The summed E-state index contributed by atoms with van der Waals surface area (Å²) in [4.78, 5) is 0. The number of rotatable bonds is 1. The second-order valence-corrected chi connectivity index (χ2v) is 4.35. The van der Waals surface area contributed by atoms with Crippen LogP contribution >= 0.6 is 0 Å². The van der Waals surface area contributed by atoms with Crippen molar-refractivity contribution in [2.45, 2.75) is 32.2 Å². The third kappa shape index (κ3) is 1.55. The van der Waals surface area contributed by atoms with Gasteiger partial charge in [0.2, 0.25) is 0 Å². The standard InChI is InChI=1S/C12H16FN/c1-9-4-5-11(13)10(8-9)12(2)6-3-7-14-12/h4-5,8,14H,3,6-7H2,1-2H3. The minimum absolute atomic E-state index is 0.0903. The summed E-state index contributed by atoms with van der Waals surface area (Å²) in [6.07, 6.45) is 2.15. The Kier molecular flexibility index (Phi) is 2.31. The van der Waals surface area contributed by atoms with Crippen LogP contribution in [-0.2, 0) is 5.54 Å². The Morgan fingerprint density at radius 1 is 1.43 bits per heavy atom. The molecule has 1 unspecified atom stereocenters. The van der Waals surface area contributed by atoms with Gasteiger partial charge in [-0.15, -0.1) is 0 Å². The number of nitrogens with one attached hydrogen (secondary N) is 1. The molecule has 1 aliphatic rings. The van der Waals surface area contributed by atoms with Gasteiger partial charge in [-0.05, 0) is 39.3 Å². The van der Waals surface area contributed by atoms with Crippen LogP contribution in [0.15, 0.2) is 18.2 Å². The summed E-state index contributed by atoms with van der Waals surface area (Å²) < 4.78 is 13.6. The van der Waals surface area contributed by atoms with E-state index in [9.17, 15) is 4.39 Å². The summed E-state index contributed by atoms with van der Waals surface area (Å²) in [6.45, 7) is 5.07. The molecule has 0 amide bonds. The zero-order chi connectivity index (χ0) is 10.2. The number of halogens is 1. The molecular weight excluding hydrogens is 177 g/mol. The molecule has 0 radical (unpaired) electrons. The van der Waals surface area contributed by atoms with Crippen LogP contribution in [0.4, 0.5) is 4.39 Å². The maximum absolute atomic E-state index is 13.6. The Morgan fingerprint density at radius 3 is 2.86 bits per heavy atom. The monoisotopic (exact) mass is 193 g/mol. The predicted molar refractivity (Wildman–Crippen MR) is 55.7 cm³/mol. The van der Waals surface area contributed by atoms with E-state index in [0.717, 1.165) is 30.5 Å². The van der Waals surface area contributed by atoms with E-state index in [0.29, 0.717) is 0 Å². The minimum atomic E-state index is -0.157. The molecule has 1 N–H and O–H groups in total. The van der Waals surface area contributed by atoms with Gasteiger partial charge in [-0.25, -0.2) is 4.39 Å². The third-order valence-corrected chi connectivity index (χ3v) is 3.09. The molecule has 2 rings (SSSR count). The van der Waals surface area contributed by atoms with Crippen LogP contribution in [0.5, 0.6) is 0 Å². The predicted octanol–water partition coefficient (Wildman–Crippen LogP) is 2.73. The topological polar surface area (TPSA) is 12.0 Å². The van der Waals surface area contributed by atoms with Crippen molar-refractivity contribution >= 4 is 0 Å². The first-order chi connectivity index (χ1) is 6.62. The zero-order valence-electron chi connectivity index (χ0n) is 8.73. The van der Waals surface area contributed by atoms with Crippen LogP contribution < -0.4 is 5.32 Å². The molecule has 1 aromatic carbocycles. The van der Waals surface area contributed by atoms with Crippen LogP contribution in [-0.4, -0.2) is 6.54 Å². The highest BCUT2D eigenvalue weighted by Crippen LogP contribution is 2.32. The van der Waals surface area contributed by atoms with E-state index in [1.807, 2.05) is 19.1 Å². The lowest BCUT2D eigenvalue weighted by Crippen LogP contribution is -2.34. The van der Waals surface area contributed by atoms with Crippen LogP contribution in [0.1, 0.15) is 30.9 Å². The van der Waals surface area contributed by atoms with E-state index < -0.39 is 0 Å². The third-order valence-electron chi connectivity index (χ3n) is 3.09. The highest BCUT2D eigenvalue weighted by Gasteiger charge is 2.32. The van der Waals surface area contributed by atoms with E-state index in [2.05, 4.69) is 12.2 Å². The SMILES string of the molecule is Cc1ccc(F)c(C2(C)CCCN2)c1. The van der Waals surface area contributed by atoms with Crippen molar-refractivity contribution in [3.8, 4) is 0 Å². The van der Waals surface area contributed by atoms with E-state index in [-0.39, 0.29) is 11.4 Å². The summed E-state index contributed by atoms with van der Waals surface area (Å²) in [5, 5.41) is 3.38. The lowest BCUT2D eigenvalue weighted by atomic mass is 9.89. The van der Waals surface area contributed by atoms with Gasteiger partial charge in [0.1, 0.15) is 5.82 Å². The first kappa shape index (κ1) is 9.66. The lowest BCUT2D eigenvalue weighted by molar-refractivity contribution is 0.410. The minimum Gasteiger partial charge on any atom is -0.308 e. The molecule has 0 bridgehead atoms. The van der Waals surface area contributed by atoms with Crippen LogP contribution in [0.25, 0.3) is 0 Å². The largest absolute Gasteiger partial charge is 0.308 e. The molecule has 1 saturated heterocycles. The molecule has 2 heteroatoms. The molecule has 1 nitrogen and oxygen atoms in total. The first-order valence-corrected chi connectivity index (χ1v) is 5.13. The summed E-state index contributed by atoms with van der Waals surface area (Å²) in [5.41, 5.74) is 1.78. The Hall–Kier alpha value is -0.890. The fourth-order valence-corrected chi connectivity index (χ4v) is 2.19. The van der Waals surface area contributed by atoms with Gasteiger partial charge in [-0.3, -0.25) is 0 Å². The molecule has 0 aromatic heterocycles. The molecule has 1 aliphatic heterocycles. The quantitative estimate of drug-likeness (QED) is 0.723. The second kappa shape index (κ2) is 3.35. The van der Waals surface area contributed by atoms with Crippen molar-refractivity contribution in [3.63, 3.8) is 0 Å². The van der Waals surface area contributed by atoms with Crippen molar-refractivity contribution < 1.29 is 4.39 Å².